The number of guanidine groups is 1. The molecule has 26 heavy (non-hydrogen) atoms. The molecule has 2 aliphatic rings. The van der Waals surface area contributed by atoms with E-state index in [1.807, 2.05) is 4.90 Å². The number of nitrogens with zero attached hydrogens (tertiary/aromatic N) is 4. The maximum absolute atomic E-state index is 13.9. The second-order valence-corrected chi connectivity index (χ2v) is 7.43. The highest BCUT2D eigenvalue weighted by atomic mass is 19.1. The molecular weight excluding hydrogens is 331 g/mol. The maximum atomic E-state index is 13.9. The fourth-order valence-electron chi connectivity index (χ4n) is 3.89. The first-order valence-electron chi connectivity index (χ1n) is 9.70. The molecule has 2 saturated heterocycles. The molecule has 1 aromatic heterocycles. The van der Waals surface area contributed by atoms with Crippen LogP contribution in [0.3, 0.4) is 0 Å². The van der Waals surface area contributed by atoms with Gasteiger partial charge in [0.2, 0.25) is 0 Å². The van der Waals surface area contributed by atoms with Crippen molar-refractivity contribution in [1.82, 2.24) is 20.5 Å². The van der Waals surface area contributed by atoms with Crippen LogP contribution in [0.2, 0.25) is 0 Å². The van der Waals surface area contributed by atoms with Crippen LogP contribution in [0, 0.1) is 11.7 Å². The van der Waals surface area contributed by atoms with E-state index in [1.165, 1.54) is 32.0 Å². The quantitative estimate of drug-likeness (QED) is 0.617. The summed E-state index contributed by atoms with van der Waals surface area (Å²) in [6.45, 7) is 8.19. The molecule has 0 saturated carbocycles. The molecular formula is C19H31FN6. The fraction of sp³-hybridized carbons (Fsp3) is 0.684. The first-order chi connectivity index (χ1) is 12.7. The molecule has 144 valence electrons. The molecule has 0 radical (unpaired) electrons. The van der Waals surface area contributed by atoms with Crippen LogP contribution in [0.15, 0.2) is 23.3 Å². The van der Waals surface area contributed by atoms with Gasteiger partial charge in [0, 0.05) is 52.0 Å². The summed E-state index contributed by atoms with van der Waals surface area (Å²) in [4.78, 5) is 13.0. The predicted molar refractivity (Wildman–Crippen MR) is 104 cm³/mol. The molecule has 0 amide bonds. The van der Waals surface area contributed by atoms with Crippen LogP contribution in [-0.4, -0.2) is 68.2 Å². The normalized spacial score (nSPS) is 24.7. The number of aliphatic imine (C=N–C) groups is 1. The van der Waals surface area contributed by atoms with E-state index in [0.29, 0.717) is 5.82 Å². The number of rotatable bonds is 5. The first kappa shape index (κ1) is 18.9. The summed E-state index contributed by atoms with van der Waals surface area (Å²) in [6, 6.07) is 3.34. The Morgan fingerprint density at radius 3 is 3.00 bits per heavy atom. The van der Waals surface area contributed by atoms with Crippen LogP contribution in [-0.2, 0) is 0 Å². The van der Waals surface area contributed by atoms with E-state index in [4.69, 9.17) is 0 Å². The third kappa shape index (κ3) is 5.06. The summed E-state index contributed by atoms with van der Waals surface area (Å²) in [5.41, 5.74) is 0. The van der Waals surface area contributed by atoms with Crippen molar-refractivity contribution < 1.29 is 4.39 Å². The fourth-order valence-corrected chi connectivity index (χ4v) is 3.89. The Morgan fingerprint density at radius 2 is 2.23 bits per heavy atom. The van der Waals surface area contributed by atoms with Gasteiger partial charge in [-0.15, -0.1) is 0 Å². The number of piperidine rings is 1. The molecule has 2 aliphatic heterocycles. The number of halogens is 1. The molecule has 0 bridgehead atoms. The predicted octanol–water partition coefficient (Wildman–Crippen LogP) is 1.70. The zero-order chi connectivity index (χ0) is 18.4. The van der Waals surface area contributed by atoms with Gasteiger partial charge in [-0.1, -0.05) is 6.92 Å². The number of anilines is 1. The summed E-state index contributed by atoms with van der Waals surface area (Å²) in [5, 5.41) is 6.87. The van der Waals surface area contributed by atoms with Gasteiger partial charge in [0.1, 0.15) is 0 Å². The summed E-state index contributed by atoms with van der Waals surface area (Å²) in [7, 11) is 1.80. The molecule has 2 fully saturated rings. The highest BCUT2D eigenvalue weighted by Crippen LogP contribution is 2.20. The minimum atomic E-state index is -0.258. The van der Waals surface area contributed by atoms with Crippen molar-refractivity contribution in [1.29, 1.82) is 0 Å². The van der Waals surface area contributed by atoms with Crippen LogP contribution in [0.25, 0.3) is 0 Å². The van der Waals surface area contributed by atoms with Gasteiger partial charge in [-0.05, 0) is 43.9 Å². The summed E-state index contributed by atoms with van der Waals surface area (Å²) in [5.74, 6) is 1.81. The third-order valence-corrected chi connectivity index (χ3v) is 5.25. The average Bonchev–Trinajstić information content (AvgIpc) is 3.09. The summed E-state index contributed by atoms with van der Waals surface area (Å²) < 4.78 is 13.9. The number of aromatic nitrogens is 1. The van der Waals surface area contributed by atoms with Gasteiger partial charge in [-0.3, -0.25) is 4.99 Å². The highest BCUT2D eigenvalue weighted by Gasteiger charge is 2.26. The van der Waals surface area contributed by atoms with Crippen molar-refractivity contribution in [2.45, 2.75) is 32.2 Å². The number of nitrogens with one attached hydrogen (secondary N) is 2. The second-order valence-electron chi connectivity index (χ2n) is 7.43. The molecule has 2 N–H and O–H groups in total. The smallest absolute Gasteiger partial charge is 0.191 e. The van der Waals surface area contributed by atoms with Gasteiger partial charge >= 0.3 is 0 Å². The van der Waals surface area contributed by atoms with Crippen LogP contribution < -0.4 is 15.5 Å². The lowest BCUT2D eigenvalue weighted by atomic mass is 10.0. The standard InChI is InChI=1S/C19H31FN6/c1-15-5-4-10-25(13-15)12-9-23-19(21-2)24-16-7-11-26(14-16)18-17(20)6-3-8-22-18/h3,6,8,15-16H,4-5,7,9-14H2,1-2H3,(H2,21,23,24). The summed E-state index contributed by atoms with van der Waals surface area (Å²) >= 11 is 0. The van der Waals surface area contributed by atoms with Crippen molar-refractivity contribution in [2.24, 2.45) is 10.9 Å². The van der Waals surface area contributed by atoms with Crippen LogP contribution in [0.4, 0.5) is 10.2 Å². The minimum absolute atomic E-state index is 0.248. The molecule has 1 aromatic rings. The van der Waals surface area contributed by atoms with Crippen molar-refractivity contribution in [3.05, 3.63) is 24.1 Å². The van der Waals surface area contributed by atoms with Crippen molar-refractivity contribution in [2.75, 3.05) is 51.2 Å². The van der Waals surface area contributed by atoms with Gasteiger partial charge in [-0.2, -0.15) is 0 Å². The van der Waals surface area contributed by atoms with E-state index in [-0.39, 0.29) is 11.9 Å². The molecule has 0 spiro atoms. The van der Waals surface area contributed by atoms with E-state index in [9.17, 15) is 4.39 Å². The molecule has 6 nitrogen and oxygen atoms in total. The lowest BCUT2D eigenvalue weighted by Crippen LogP contribution is -2.47. The number of hydrogen-bond acceptors (Lipinski definition) is 4. The third-order valence-electron chi connectivity index (χ3n) is 5.25. The molecule has 7 heteroatoms. The maximum Gasteiger partial charge on any atom is 0.191 e. The van der Waals surface area contributed by atoms with Gasteiger partial charge in [0.25, 0.3) is 0 Å². The SMILES string of the molecule is CN=C(NCCN1CCCC(C)C1)NC1CCN(c2ncccc2F)C1. The van der Waals surface area contributed by atoms with Crippen LogP contribution >= 0.6 is 0 Å². The monoisotopic (exact) mass is 362 g/mol. The van der Waals surface area contributed by atoms with Crippen LogP contribution in [0.1, 0.15) is 26.2 Å². The molecule has 0 aromatic carbocycles. The van der Waals surface area contributed by atoms with Crippen molar-refractivity contribution in [3.63, 3.8) is 0 Å². The van der Waals surface area contributed by atoms with E-state index >= 15 is 0 Å². The Hall–Kier alpha value is -1.89. The highest BCUT2D eigenvalue weighted by molar-refractivity contribution is 5.80. The van der Waals surface area contributed by atoms with Crippen LogP contribution in [0.5, 0.6) is 0 Å². The Kier molecular flexibility index (Phi) is 6.66. The van der Waals surface area contributed by atoms with Gasteiger partial charge in [-0.25, -0.2) is 9.37 Å². The van der Waals surface area contributed by atoms with Gasteiger partial charge in [0.15, 0.2) is 17.6 Å². The second kappa shape index (κ2) is 9.16. The zero-order valence-corrected chi connectivity index (χ0v) is 15.9. The molecule has 3 rings (SSSR count). The van der Waals surface area contributed by atoms with Gasteiger partial charge in [0.05, 0.1) is 0 Å². The average molecular weight is 362 g/mol. The first-order valence-corrected chi connectivity index (χ1v) is 9.70. The molecule has 2 unspecified atom stereocenters. The Balaban J connectivity index is 1.42. The topological polar surface area (TPSA) is 55.8 Å². The zero-order valence-electron chi connectivity index (χ0n) is 15.9. The Labute approximate surface area is 155 Å². The minimum Gasteiger partial charge on any atom is -0.355 e. The largest absolute Gasteiger partial charge is 0.355 e. The number of likely N-dealkylation sites (tertiary alicyclic amines) is 1. The Bertz CT molecular complexity index is 607. The Morgan fingerprint density at radius 1 is 1.35 bits per heavy atom. The van der Waals surface area contributed by atoms with Crippen molar-refractivity contribution >= 4 is 11.8 Å². The van der Waals surface area contributed by atoms with Gasteiger partial charge < -0.3 is 20.4 Å². The van der Waals surface area contributed by atoms with E-state index < -0.39 is 0 Å². The number of hydrogen-bond donors (Lipinski definition) is 2. The van der Waals surface area contributed by atoms with E-state index in [2.05, 4.69) is 32.4 Å². The molecule has 3 heterocycles. The molecule has 0 aliphatic carbocycles. The van der Waals surface area contributed by atoms with E-state index in [1.54, 1.807) is 19.3 Å². The lowest BCUT2D eigenvalue weighted by molar-refractivity contribution is 0.187. The lowest BCUT2D eigenvalue weighted by Gasteiger charge is -2.31. The summed E-state index contributed by atoms with van der Waals surface area (Å²) in [6.07, 6.45) is 5.24. The molecule has 2 atom stereocenters. The number of pyridine rings is 1. The van der Waals surface area contributed by atoms with E-state index in [0.717, 1.165) is 44.5 Å². The van der Waals surface area contributed by atoms with Crippen molar-refractivity contribution in [3.8, 4) is 0 Å².